The molecule has 0 saturated carbocycles. The summed E-state index contributed by atoms with van der Waals surface area (Å²) in [5, 5.41) is 0. The Morgan fingerprint density at radius 1 is 1.14 bits per heavy atom. The van der Waals surface area contributed by atoms with E-state index in [0.29, 0.717) is 32.1 Å². The third-order valence-electron chi connectivity index (χ3n) is 5.53. The maximum absolute atomic E-state index is 13.4. The number of rotatable bonds is 3. The molecule has 0 aliphatic carbocycles. The number of pyridine rings is 1. The van der Waals surface area contributed by atoms with Gasteiger partial charge in [0.25, 0.3) is 0 Å². The van der Waals surface area contributed by atoms with E-state index >= 15 is 0 Å². The van der Waals surface area contributed by atoms with Crippen LogP contribution in [-0.4, -0.2) is 49.5 Å². The number of ether oxygens (including phenoxy) is 2. The molecule has 0 N–H and O–H groups in total. The number of fused-ring (bicyclic) bond motifs is 1. The van der Waals surface area contributed by atoms with Gasteiger partial charge < -0.3 is 19.3 Å². The lowest BCUT2D eigenvalue weighted by atomic mass is 9.99. The lowest BCUT2D eigenvalue weighted by molar-refractivity contribution is 0.122. The molecule has 2 aromatic rings. The fourth-order valence-corrected chi connectivity index (χ4v) is 4.33. The van der Waals surface area contributed by atoms with Gasteiger partial charge in [0, 0.05) is 30.6 Å². The van der Waals surface area contributed by atoms with Crippen molar-refractivity contribution in [3.63, 3.8) is 0 Å². The van der Waals surface area contributed by atoms with Gasteiger partial charge in [0.15, 0.2) is 0 Å². The summed E-state index contributed by atoms with van der Waals surface area (Å²) in [6.45, 7) is 12.5. The molecule has 4 rings (SSSR count). The zero-order valence-electron chi connectivity index (χ0n) is 17.7. The highest BCUT2D eigenvalue weighted by molar-refractivity contribution is 5.66. The monoisotopic (exact) mass is 399 g/mol. The molecule has 1 fully saturated rings. The molecule has 2 aliphatic heterocycles. The molecule has 1 atom stereocenters. The van der Waals surface area contributed by atoms with Crippen LogP contribution in [0.15, 0.2) is 30.3 Å². The molecule has 3 heterocycles. The van der Waals surface area contributed by atoms with Gasteiger partial charge in [-0.2, -0.15) is 4.98 Å². The molecule has 0 spiro atoms. The number of nitrogens with zero attached hydrogens (tertiary/aromatic N) is 3. The highest BCUT2D eigenvalue weighted by atomic mass is 19.1. The van der Waals surface area contributed by atoms with E-state index in [4.69, 9.17) is 14.5 Å². The predicted molar refractivity (Wildman–Crippen MR) is 114 cm³/mol. The minimum atomic E-state index is -0.216. The Morgan fingerprint density at radius 3 is 2.48 bits per heavy atom. The summed E-state index contributed by atoms with van der Waals surface area (Å²) in [5.74, 6) is 1.43. The molecule has 1 aromatic heterocycles. The Kier molecular flexibility index (Phi) is 5.38. The summed E-state index contributed by atoms with van der Waals surface area (Å²) in [5.41, 5.74) is 3.18. The minimum absolute atomic E-state index is 0.0484. The van der Waals surface area contributed by atoms with Crippen LogP contribution in [0.5, 0.6) is 5.88 Å². The molecule has 6 heteroatoms. The summed E-state index contributed by atoms with van der Waals surface area (Å²) in [4.78, 5) is 9.65. The number of benzene rings is 1. The van der Waals surface area contributed by atoms with Crippen LogP contribution in [0.25, 0.3) is 0 Å². The van der Waals surface area contributed by atoms with Crippen molar-refractivity contribution in [1.82, 2.24) is 4.98 Å². The highest BCUT2D eigenvalue weighted by Crippen LogP contribution is 2.40. The molecule has 156 valence electrons. The van der Waals surface area contributed by atoms with Gasteiger partial charge in [0.2, 0.25) is 5.88 Å². The molecular weight excluding hydrogens is 369 g/mol. The third-order valence-corrected chi connectivity index (χ3v) is 5.53. The molecule has 0 bridgehead atoms. The third kappa shape index (κ3) is 4.17. The predicted octanol–water partition coefficient (Wildman–Crippen LogP) is 4.03. The van der Waals surface area contributed by atoms with Crippen molar-refractivity contribution in [3.8, 4) is 5.88 Å². The number of hydrogen-bond acceptors (Lipinski definition) is 5. The first-order chi connectivity index (χ1) is 13.8. The first-order valence-corrected chi connectivity index (χ1v) is 10.4. The Morgan fingerprint density at radius 2 is 1.83 bits per heavy atom. The maximum atomic E-state index is 13.4. The van der Waals surface area contributed by atoms with Crippen molar-refractivity contribution in [2.24, 2.45) is 0 Å². The highest BCUT2D eigenvalue weighted by Gasteiger charge is 2.35. The summed E-state index contributed by atoms with van der Waals surface area (Å²) in [7, 11) is 0. The minimum Gasteiger partial charge on any atom is -0.474 e. The topological polar surface area (TPSA) is 37.8 Å². The van der Waals surface area contributed by atoms with E-state index in [0.717, 1.165) is 35.7 Å². The Bertz CT molecular complexity index is 858. The second-order valence-corrected chi connectivity index (χ2v) is 8.90. The van der Waals surface area contributed by atoms with Crippen molar-refractivity contribution in [3.05, 3.63) is 47.3 Å². The van der Waals surface area contributed by atoms with Crippen LogP contribution in [0.4, 0.5) is 15.9 Å². The fraction of sp³-hybridized carbons (Fsp3) is 0.522. The molecule has 0 unspecified atom stereocenters. The summed E-state index contributed by atoms with van der Waals surface area (Å²) in [6.07, 6.45) is 0.694. The van der Waals surface area contributed by atoms with Gasteiger partial charge in [-0.1, -0.05) is 12.1 Å². The molecule has 1 saturated heterocycles. The van der Waals surface area contributed by atoms with Gasteiger partial charge in [-0.15, -0.1) is 0 Å². The number of morpholine rings is 1. The van der Waals surface area contributed by atoms with Gasteiger partial charge >= 0.3 is 0 Å². The molecule has 0 radical (unpaired) electrons. The molecule has 29 heavy (non-hydrogen) atoms. The SMILES string of the molecule is C[C@H]1COc2nc(N3CCOCC3)c(Cc3ccc(F)cc3)cc2N1C(C)(C)C. The molecule has 2 aliphatic rings. The Balaban J connectivity index is 1.79. The Hall–Kier alpha value is -2.34. The van der Waals surface area contributed by atoms with E-state index in [1.165, 1.54) is 12.1 Å². The second-order valence-electron chi connectivity index (χ2n) is 8.90. The van der Waals surface area contributed by atoms with Gasteiger partial charge in [-0.05, 0) is 51.5 Å². The van der Waals surface area contributed by atoms with E-state index in [9.17, 15) is 4.39 Å². The van der Waals surface area contributed by atoms with Crippen molar-refractivity contribution < 1.29 is 13.9 Å². The van der Waals surface area contributed by atoms with Gasteiger partial charge in [-0.3, -0.25) is 0 Å². The maximum Gasteiger partial charge on any atom is 0.239 e. The van der Waals surface area contributed by atoms with Crippen molar-refractivity contribution in [2.75, 3.05) is 42.7 Å². The largest absolute Gasteiger partial charge is 0.474 e. The smallest absolute Gasteiger partial charge is 0.239 e. The molecule has 5 nitrogen and oxygen atoms in total. The number of aromatic nitrogens is 1. The molecular formula is C23H30FN3O2. The van der Waals surface area contributed by atoms with Crippen LogP contribution in [0.3, 0.4) is 0 Å². The van der Waals surface area contributed by atoms with Crippen LogP contribution in [-0.2, 0) is 11.2 Å². The zero-order chi connectivity index (χ0) is 20.6. The van der Waals surface area contributed by atoms with Crippen LogP contribution in [0.2, 0.25) is 0 Å². The first-order valence-electron chi connectivity index (χ1n) is 10.4. The number of anilines is 2. The summed E-state index contributed by atoms with van der Waals surface area (Å²) in [6, 6.07) is 9.20. The number of halogens is 1. The van der Waals surface area contributed by atoms with Crippen LogP contribution >= 0.6 is 0 Å². The van der Waals surface area contributed by atoms with E-state index in [-0.39, 0.29) is 17.4 Å². The van der Waals surface area contributed by atoms with Crippen molar-refractivity contribution in [2.45, 2.75) is 45.7 Å². The van der Waals surface area contributed by atoms with E-state index in [1.807, 2.05) is 12.1 Å². The summed E-state index contributed by atoms with van der Waals surface area (Å²) >= 11 is 0. The average molecular weight is 400 g/mol. The standard InChI is InChI=1S/C23H30FN3O2/c1-16-15-29-22-20(27(16)23(2,3)4)14-18(13-17-5-7-19(24)8-6-17)21(25-22)26-9-11-28-12-10-26/h5-8,14,16H,9-13,15H2,1-4H3/t16-/m0/s1. The number of hydrogen-bond donors (Lipinski definition) is 0. The average Bonchev–Trinajstić information content (AvgIpc) is 2.69. The normalized spacial score (nSPS) is 19.7. The van der Waals surface area contributed by atoms with E-state index < -0.39 is 0 Å². The van der Waals surface area contributed by atoms with E-state index in [1.54, 1.807) is 0 Å². The fourth-order valence-electron chi connectivity index (χ4n) is 4.33. The van der Waals surface area contributed by atoms with Crippen LogP contribution in [0, 0.1) is 5.82 Å². The lowest BCUT2D eigenvalue weighted by Crippen LogP contribution is -2.52. The Labute approximate surface area is 172 Å². The van der Waals surface area contributed by atoms with E-state index in [2.05, 4.69) is 43.6 Å². The van der Waals surface area contributed by atoms with Crippen LogP contribution < -0.4 is 14.5 Å². The zero-order valence-corrected chi connectivity index (χ0v) is 17.7. The molecule has 1 aromatic carbocycles. The molecule has 0 amide bonds. The van der Waals surface area contributed by atoms with Crippen molar-refractivity contribution >= 4 is 11.5 Å². The van der Waals surface area contributed by atoms with Crippen LogP contribution in [0.1, 0.15) is 38.8 Å². The summed E-state index contributed by atoms with van der Waals surface area (Å²) < 4.78 is 25.0. The lowest BCUT2D eigenvalue weighted by Gasteiger charge is -2.45. The van der Waals surface area contributed by atoms with Gasteiger partial charge in [-0.25, -0.2) is 4.39 Å². The van der Waals surface area contributed by atoms with Gasteiger partial charge in [0.05, 0.1) is 19.3 Å². The second kappa shape index (κ2) is 7.82. The quantitative estimate of drug-likeness (QED) is 0.779. The van der Waals surface area contributed by atoms with Crippen molar-refractivity contribution in [1.29, 1.82) is 0 Å². The first kappa shape index (κ1) is 20.0. The van der Waals surface area contributed by atoms with Gasteiger partial charge in [0.1, 0.15) is 23.9 Å².